The van der Waals surface area contributed by atoms with Gasteiger partial charge in [0.25, 0.3) is 6.47 Å². The van der Waals surface area contributed by atoms with Crippen LogP contribution in [0.5, 0.6) is 0 Å². The standard InChI is InChI=1S/C10H14O3/c1-2-9(12)8-5-3-4-6-10(8)13-7-11/h2,7-8,10H,1,3-6H2. The number of ether oxygens (including phenoxy) is 1. The lowest BCUT2D eigenvalue weighted by molar-refractivity contribution is -0.141. The zero-order chi connectivity index (χ0) is 9.68. The molecule has 0 aromatic carbocycles. The molecule has 1 aliphatic carbocycles. The fraction of sp³-hybridized carbons (Fsp3) is 0.600. The van der Waals surface area contributed by atoms with E-state index >= 15 is 0 Å². The van der Waals surface area contributed by atoms with Crippen LogP contribution in [0.2, 0.25) is 0 Å². The lowest BCUT2D eigenvalue weighted by atomic mass is 9.83. The normalized spacial score (nSPS) is 27.7. The quantitative estimate of drug-likeness (QED) is 0.488. The van der Waals surface area contributed by atoms with Crippen LogP contribution in [0.4, 0.5) is 0 Å². The summed E-state index contributed by atoms with van der Waals surface area (Å²) < 4.78 is 4.87. The van der Waals surface area contributed by atoms with Crippen LogP contribution in [-0.2, 0) is 14.3 Å². The van der Waals surface area contributed by atoms with E-state index in [1.54, 1.807) is 0 Å². The van der Waals surface area contributed by atoms with Gasteiger partial charge < -0.3 is 4.74 Å². The van der Waals surface area contributed by atoms with Crippen molar-refractivity contribution in [3.05, 3.63) is 12.7 Å². The number of carbonyl (C=O) groups excluding carboxylic acids is 2. The molecule has 0 spiro atoms. The predicted molar refractivity (Wildman–Crippen MR) is 48.1 cm³/mol. The van der Waals surface area contributed by atoms with Gasteiger partial charge in [-0.3, -0.25) is 9.59 Å². The molecular formula is C10H14O3. The van der Waals surface area contributed by atoms with E-state index in [2.05, 4.69) is 6.58 Å². The summed E-state index contributed by atoms with van der Waals surface area (Å²) in [5.74, 6) is -0.164. The molecule has 0 aromatic heterocycles. The van der Waals surface area contributed by atoms with Crippen molar-refractivity contribution in [2.45, 2.75) is 31.8 Å². The van der Waals surface area contributed by atoms with Crippen molar-refractivity contribution in [2.75, 3.05) is 0 Å². The first-order valence-corrected chi connectivity index (χ1v) is 4.55. The van der Waals surface area contributed by atoms with E-state index in [1.807, 2.05) is 0 Å². The van der Waals surface area contributed by atoms with Crippen molar-refractivity contribution >= 4 is 12.3 Å². The number of hydrogen-bond donors (Lipinski definition) is 0. The summed E-state index contributed by atoms with van der Waals surface area (Å²) in [7, 11) is 0. The molecule has 0 aliphatic heterocycles. The number of carbonyl (C=O) groups is 2. The Labute approximate surface area is 77.8 Å². The van der Waals surface area contributed by atoms with E-state index in [1.165, 1.54) is 6.08 Å². The largest absolute Gasteiger partial charge is 0.464 e. The van der Waals surface area contributed by atoms with Gasteiger partial charge in [-0.05, 0) is 25.3 Å². The third-order valence-corrected chi connectivity index (χ3v) is 2.50. The van der Waals surface area contributed by atoms with E-state index in [0.29, 0.717) is 6.47 Å². The smallest absolute Gasteiger partial charge is 0.293 e. The Morgan fingerprint density at radius 1 is 1.38 bits per heavy atom. The van der Waals surface area contributed by atoms with Gasteiger partial charge in [0, 0.05) is 0 Å². The highest BCUT2D eigenvalue weighted by molar-refractivity contribution is 5.91. The number of rotatable bonds is 4. The van der Waals surface area contributed by atoms with Crippen LogP contribution in [0, 0.1) is 5.92 Å². The average molecular weight is 182 g/mol. The minimum Gasteiger partial charge on any atom is -0.464 e. The Kier molecular flexibility index (Phi) is 3.68. The highest BCUT2D eigenvalue weighted by atomic mass is 16.5. The van der Waals surface area contributed by atoms with Crippen molar-refractivity contribution < 1.29 is 14.3 Å². The van der Waals surface area contributed by atoms with E-state index in [9.17, 15) is 9.59 Å². The Bertz CT molecular complexity index is 210. The maximum absolute atomic E-state index is 11.3. The van der Waals surface area contributed by atoms with E-state index in [-0.39, 0.29) is 17.8 Å². The van der Waals surface area contributed by atoms with Gasteiger partial charge in [0.05, 0.1) is 5.92 Å². The topological polar surface area (TPSA) is 43.4 Å². The molecule has 3 nitrogen and oxygen atoms in total. The second-order valence-electron chi connectivity index (χ2n) is 3.27. The van der Waals surface area contributed by atoms with E-state index in [4.69, 9.17) is 4.74 Å². The first kappa shape index (κ1) is 9.96. The first-order chi connectivity index (χ1) is 6.29. The summed E-state index contributed by atoms with van der Waals surface area (Å²) in [5.41, 5.74) is 0. The van der Waals surface area contributed by atoms with Crippen LogP contribution in [-0.4, -0.2) is 18.4 Å². The zero-order valence-electron chi connectivity index (χ0n) is 7.57. The number of hydrogen-bond acceptors (Lipinski definition) is 3. The molecule has 1 fully saturated rings. The minimum absolute atomic E-state index is 0.00782. The summed E-state index contributed by atoms with van der Waals surface area (Å²) in [4.78, 5) is 21.5. The SMILES string of the molecule is C=CC(=O)C1CCCCC1OC=O. The molecule has 1 aliphatic rings. The van der Waals surface area contributed by atoms with Crippen molar-refractivity contribution in [1.29, 1.82) is 0 Å². The molecule has 0 bridgehead atoms. The first-order valence-electron chi connectivity index (χ1n) is 4.55. The molecule has 0 radical (unpaired) electrons. The Balaban J connectivity index is 2.60. The maximum atomic E-state index is 11.3. The van der Waals surface area contributed by atoms with Gasteiger partial charge in [-0.25, -0.2) is 0 Å². The number of allylic oxidation sites excluding steroid dienone is 1. The van der Waals surface area contributed by atoms with Crippen LogP contribution >= 0.6 is 0 Å². The molecule has 1 saturated carbocycles. The summed E-state index contributed by atoms with van der Waals surface area (Å²) in [6, 6.07) is 0. The molecular weight excluding hydrogens is 168 g/mol. The van der Waals surface area contributed by atoms with Gasteiger partial charge in [-0.2, -0.15) is 0 Å². The Hall–Kier alpha value is -1.12. The Morgan fingerprint density at radius 3 is 2.69 bits per heavy atom. The fourth-order valence-corrected chi connectivity index (χ4v) is 1.81. The van der Waals surface area contributed by atoms with Gasteiger partial charge in [0.1, 0.15) is 6.10 Å². The van der Waals surface area contributed by atoms with Gasteiger partial charge >= 0.3 is 0 Å². The molecule has 0 heterocycles. The fourth-order valence-electron chi connectivity index (χ4n) is 1.81. The predicted octanol–water partition coefficient (Wildman–Crippen LogP) is 1.47. The zero-order valence-corrected chi connectivity index (χ0v) is 7.57. The summed E-state index contributed by atoms with van der Waals surface area (Å²) >= 11 is 0. The second-order valence-corrected chi connectivity index (χ2v) is 3.27. The van der Waals surface area contributed by atoms with Crippen molar-refractivity contribution in [3.63, 3.8) is 0 Å². The summed E-state index contributed by atoms with van der Waals surface area (Å²) in [6.07, 6.45) is 4.75. The Morgan fingerprint density at radius 2 is 2.08 bits per heavy atom. The second kappa shape index (κ2) is 4.80. The van der Waals surface area contributed by atoms with Crippen LogP contribution in [0.25, 0.3) is 0 Å². The van der Waals surface area contributed by atoms with E-state index < -0.39 is 0 Å². The highest BCUT2D eigenvalue weighted by Gasteiger charge is 2.30. The van der Waals surface area contributed by atoms with Gasteiger partial charge in [-0.15, -0.1) is 0 Å². The molecule has 0 amide bonds. The molecule has 3 heteroatoms. The molecule has 2 atom stereocenters. The lowest BCUT2D eigenvalue weighted by Crippen LogP contribution is -2.32. The van der Waals surface area contributed by atoms with Crippen LogP contribution in [0.15, 0.2) is 12.7 Å². The summed E-state index contributed by atoms with van der Waals surface area (Å²) in [6.45, 7) is 3.87. The molecule has 1 rings (SSSR count). The van der Waals surface area contributed by atoms with Crippen LogP contribution < -0.4 is 0 Å². The molecule has 2 unspecified atom stereocenters. The maximum Gasteiger partial charge on any atom is 0.293 e. The minimum atomic E-state index is -0.225. The molecule has 0 aromatic rings. The molecule has 13 heavy (non-hydrogen) atoms. The van der Waals surface area contributed by atoms with Gasteiger partial charge in [0.15, 0.2) is 5.78 Å². The van der Waals surface area contributed by atoms with Crippen molar-refractivity contribution in [2.24, 2.45) is 5.92 Å². The number of ketones is 1. The highest BCUT2D eigenvalue weighted by Crippen LogP contribution is 2.27. The van der Waals surface area contributed by atoms with Crippen LogP contribution in [0.1, 0.15) is 25.7 Å². The van der Waals surface area contributed by atoms with Gasteiger partial charge in [0.2, 0.25) is 0 Å². The monoisotopic (exact) mass is 182 g/mol. The van der Waals surface area contributed by atoms with Crippen molar-refractivity contribution in [1.82, 2.24) is 0 Å². The summed E-state index contributed by atoms with van der Waals surface area (Å²) in [5, 5.41) is 0. The van der Waals surface area contributed by atoms with Crippen LogP contribution in [0.3, 0.4) is 0 Å². The van der Waals surface area contributed by atoms with Gasteiger partial charge in [-0.1, -0.05) is 13.0 Å². The van der Waals surface area contributed by atoms with E-state index in [0.717, 1.165) is 25.7 Å². The molecule has 0 N–H and O–H groups in total. The molecule has 72 valence electrons. The average Bonchev–Trinajstić information content (AvgIpc) is 2.18. The lowest BCUT2D eigenvalue weighted by Gasteiger charge is -2.27. The third-order valence-electron chi connectivity index (χ3n) is 2.50. The third kappa shape index (κ3) is 2.41. The van der Waals surface area contributed by atoms with Crippen molar-refractivity contribution in [3.8, 4) is 0 Å². The molecule has 0 saturated heterocycles.